The summed E-state index contributed by atoms with van der Waals surface area (Å²) < 4.78 is 22.8. The van der Waals surface area contributed by atoms with E-state index in [9.17, 15) is 33.6 Å². The van der Waals surface area contributed by atoms with Gasteiger partial charge in [0.15, 0.2) is 23.0 Å². The summed E-state index contributed by atoms with van der Waals surface area (Å²) in [5.41, 5.74) is 8.09. The van der Waals surface area contributed by atoms with Gasteiger partial charge in [0, 0.05) is 37.6 Å². The molecule has 0 aliphatic carbocycles. The predicted molar refractivity (Wildman–Crippen MR) is 246 cm³/mol. The summed E-state index contributed by atoms with van der Waals surface area (Å²) in [6, 6.07) is 10.9. The lowest BCUT2D eigenvalue weighted by Crippen LogP contribution is -2.52. The van der Waals surface area contributed by atoms with Crippen molar-refractivity contribution in [3.05, 3.63) is 75.7 Å². The molecule has 4 rings (SSSR count). The number of hydrogen-bond donors (Lipinski definition) is 6. The third-order valence-corrected chi connectivity index (χ3v) is 9.95. The molecule has 356 valence electrons. The molecule has 4 amide bonds. The number of nitrogens with zero attached hydrogens (tertiary/aromatic N) is 3. The third kappa shape index (κ3) is 16.4. The Balaban J connectivity index is 1.14. The van der Waals surface area contributed by atoms with E-state index in [1.54, 1.807) is 63.2 Å². The molecule has 0 saturated carbocycles. The average Bonchev–Trinajstić information content (AvgIpc) is 3.61. The number of fused-ring (bicyclic) bond motifs is 1. The minimum atomic E-state index is -0.838. The number of carbonyl (C=O) groups is 6. The quantitative estimate of drug-likeness (QED) is 0.0216. The maximum absolute atomic E-state index is 12.8. The number of hydrogen-bond acceptors (Lipinski definition) is 14. The number of unbranched alkanes of at least 4 members (excludes halogenated alkanes) is 3. The molecule has 0 fully saturated rings. The Morgan fingerprint density at radius 2 is 1.61 bits per heavy atom. The first-order valence-electron chi connectivity index (χ1n) is 22.1. The lowest BCUT2D eigenvalue weighted by Gasteiger charge is -2.21. The lowest BCUT2D eigenvalue weighted by molar-refractivity contribution is -0.143. The van der Waals surface area contributed by atoms with E-state index in [0.717, 1.165) is 18.4 Å². The maximum Gasteiger partial charge on any atom is 0.328 e. The fourth-order valence-electron chi connectivity index (χ4n) is 6.36. The van der Waals surface area contributed by atoms with Crippen LogP contribution in [0.2, 0.25) is 0 Å². The van der Waals surface area contributed by atoms with Crippen molar-refractivity contribution in [3.8, 4) is 17.5 Å². The highest BCUT2D eigenvalue weighted by atomic mass is 16.6. The first kappa shape index (κ1) is 51.4. The van der Waals surface area contributed by atoms with Crippen LogP contribution in [-0.4, -0.2) is 101 Å². The van der Waals surface area contributed by atoms with Gasteiger partial charge in [-0.05, 0) is 80.0 Å². The molecule has 2 aromatic carbocycles. The van der Waals surface area contributed by atoms with E-state index in [0.29, 0.717) is 61.1 Å². The zero-order valence-corrected chi connectivity index (χ0v) is 38.2. The number of rotatable bonds is 27. The molecular weight excluding hydrogens is 855 g/mol. The number of imidazole rings is 1. The van der Waals surface area contributed by atoms with E-state index < -0.39 is 35.4 Å². The van der Waals surface area contributed by atoms with Gasteiger partial charge in [-0.2, -0.15) is 9.97 Å². The molecule has 0 saturated heterocycles. The highest BCUT2D eigenvalue weighted by molar-refractivity contribution is 5.96. The number of benzene rings is 2. The van der Waals surface area contributed by atoms with E-state index >= 15 is 0 Å². The second-order valence-electron chi connectivity index (χ2n) is 15.5. The highest BCUT2D eigenvalue weighted by Crippen LogP contribution is 2.29. The maximum atomic E-state index is 12.8. The van der Waals surface area contributed by atoms with Gasteiger partial charge in [0.05, 0.1) is 33.4 Å². The molecule has 2 heterocycles. The van der Waals surface area contributed by atoms with Crippen molar-refractivity contribution in [2.45, 2.75) is 91.6 Å². The van der Waals surface area contributed by atoms with Crippen LogP contribution in [0.3, 0.4) is 0 Å². The van der Waals surface area contributed by atoms with Crippen LogP contribution in [0.5, 0.6) is 17.5 Å². The summed E-state index contributed by atoms with van der Waals surface area (Å²) >= 11 is 0. The molecule has 0 aliphatic heterocycles. The van der Waals surface area contributed by atoms with E-state index in [1.165, 1.54) is 23.8 Å². The van der Waals surface area contributed by atoms with Gasteiger partial charge >= 0.3 is 23.6 Å². The van der Waals surface area contributed by atoms with E-state index in [2.05, 4.69) is 36.2 Å². The number of aromatic nitrogens is 4. The van der Waals surface area contributed by atoms with Crippen LogP contribution in [0, 0.1) is 5.92 Å². The fraction of sp³-hybridized carbons (Fsp3) is 0.457. The molecule has 0 bridgehead atoms. The molecule has 1 atom stereocenters. The van der Waals surface area contributed by atoms with Gasteiger partial charge in [-0.25, -0.2) is 4.79 Å². The van der Waals surface area contributed by atoms with Gasteiger partial charge in [0.25, 0.3) is 5.91 Å². The summed E-state index contributed by atoms with van der Waals surface area (Å²) in [4.78, 5) is 98.6. The SMILES string of the molecule is CCCCOc1nc(N)c2[nH]c(=O)n(Cc3ccc(C(=O)NCCCCCC(=O)Oc4ccc(/C=C/C(=O)NCC(=O)N[C@H](C(=O)NCCCC(=O)OCC)C(C)C)cc4OC)cc3)c2n1. The number of amides is 4. The number of ether oxygens (including phenoxy) is 4. The number of carbonyl (C=O) groups excluding carboxylic acids is 6. The topological polar surface area (TPSA) is 277 Å². The van der Waals surface area contributed by atoms with E-state index in [1.807, 2.05) is 6.92 Å². The van der Waals surface area contributed by atoms with Crippen molar-refractivity contribution >= 4 is 58.6 Å². The van der Waals surface area contributed by atoms with Crippen molar-refractivity contribution in [1.29, 1.82) is 0 Å². The largest absolute Gasteiger partial charge is 0.493 e. The van der Waals surface area contributed by atoms with E-state index in [-0.39, 0.29) is 80.2 Å². The van der Waals surface area contributed by atoms with E-state index in [4.69, 9.17) is 24.7 Å². The van der Waals surface area contributed by atoms with Crippen LogP contribution < -0.4 is 46.9 Å². The Hall–Kier alpha value is -7.25. The summed E-state index contributed by atoms with van der Waals surface area (Å²) in [7, 11) is 1.42. The third-order valence-electron chi connectivity index (χ3n) is 9.95. The Morgan fingerprint density at radius 1 is 0.864 bits per heavy atom. The molecule has 7 N–H and O–H groups in total. The summed E-state index contributed by atoms with van der Waals surface area (Å²) in [6.07, 6.45) is 7.01. The molecule has 4 aromatic rings. The Morgan fingerprint density at radius 3 is 2.32 bits per heavy atom. The number of anilines is 1. The standard InChI is InChI=1S/C46H61N9O11/c1-6-8-25-65-45-53-41(47)40-42(54-45)55(46(62)52-40)28-31-15-19-32(20-16-31)43(60)48-23-11-9-10-13-38(59)66-33-21-17-30(26-34(33)63-5)18-22-35(56)50-27-36(57)51-39(29(3)4)44(61)49-24-12-14-37(58)64-7-2/h15-22,26,29,39H,6-14,23-25,27-28H2,1-5H3,(H,48,60)(H,49,61)(H,50,56)(H,51,57)(H,52,62)(H2,47,53,54)/b22-18+/t39-/m0/s1. The van der Waals surface area contributed by atoms with Gasteiger partial charge in [-0.15, -0.1) is 0 Å². The number of methoxy groups -OCH3 is 1. The molecule has 20 nitrogen and oxygen atoms in total. The number of nitrogen functional groups attached to an aromatic ring is 1. The van der Waals surface area contributed by atoms with Crippen molar-refractivity contribution in [1.82, 2.24) is 40.8 Å². The highest BCUT2D eigenvalue weighted by Gasteiger charge is 2.24. The number of nitrogens with two attached hydrogens (primary N) is 1. The zero-order valence-electron chi connectivity index (χ0n) is 38.2. The minimum Gasteiger partial charge on any atom is -0.493 e. The first-order chi connectivity index (χ1) is 31.7. The van der Waals surface area contributed by atoms with Gasteiger partial charge in [0.2, 0.25) is 17.7 Å². The Labute approximate surface area is 382 Å². The van der Waals surface area contributed by atoms with Gasteiger partial charge < -0.3 is 50.9 Å². The van der Waals surface area contributed by atoms with Crippen molar-refractivity contribution in [2.24, 2.45) is 5.92 Å². The van der Waals surface area contributed by atoms with Gasteiger partial charge in [-0.3, -0.25) is 33.3 Å². The zero-order chi connectivity index (χ0) is 48.0. The summed E-state index contributed by atoms with van der Waals surface area (Å²) in [5.74, 6) is -2.22. The number of nitrogens with one attached hydrogen (secondary N) is 5. The van der Waals surface area contributed by atoms with Crippen LogP contribution in [-0.2, 0) is 35.3 Å². The van der Waals surface area contributed by atoms with Gasteiger partial charge in [-0.1, -0.05) is 51.8 Å². The monoisotopic (exact) mass is 915 g/mol. The summed E-state index contributed by atoms with van der Waals surface area (Å²) in [5, 5.41) is 10.7. The second kappa shape index (κ2) is 26.5. The summed E-state index contributed by atoms with van der Waals surface area (Å²) in [6.45, 7) is 8.48. The smallest absolute Gasteiger partial charge is 0.328 e. The number of aromatic amines is 1. The molecule has 66 heavy (non-hydrogen) atoms. The lowest BCUT2D eigenvalue weighted by atomic mass is 10.0. The molecule has 2 aromatic heterocycles. The molecule has 20 heteroatoms. The molecule has 0 spiro atoms. The second-order valence-corrected chi connectivity index (χ2v) is 15.5. The molecule has 0 unspecified atom stereocenters. The first-order valence-corrected chi connectivity index (χ1v) is 22.1. The van der Waals surface area contributed by atoms with Crippen LogP contribution in [0.25, 0.3) is 17.2 Å². The molecular formula is C46H61N9O11. The predicted octanol–water partition coefficient (Wildman–Crippen LogP) is 3.56. The van der Waals surface area contributed by atoms with Crippen LogP contribution >= 0.6 is 0 Å². The molecule has 0 radical (unpaired) electrons. The van der Waals surface area contributed by atoms with Crippen molar-refractivity contribution < 1.29 is 47.7 Å². The van der Waals surface area contributed by atoms with Crippen LogP contribution in [0.4, 0.5) is 5.82 Å². The van der Waals surface area contributed by atoms with Crippen LogP contribution in [0.1, 0.15) is 101 Å². The van der Waals surface area contributed by atoms with Crippen LogP contribution in [0.15, 0.2) is 53.3 Å². The number of H-pyrrole nitrogens is 1. The Bertz CT molecular complexity index is 2380. The van der Waals surface area contributed by atoms with Gasteiger partial charge in [0.1, 0.15) is 11.6 Å². The average molecular weight is 916 g/mol. The fourth-order valence-corrected chi connectivity index (χ4v) is 6.36. The molecule has 0 aliphatic rings. The Kier molecular flexibility index (Phi) is 20.6. The normalized spacial score (nSPS) is 11.5. The van der Waals surface area contributed by atoms with Crippen molar-refractivity contribution in [2.75, 3.05) is 45.7 Å². The number of esters is 2. The van der Waals surface area contributed by atoms with Crippen molar-refractivity contribution in [3.63, 3.8) is 0 Å². The minimum absolute atomic E-state index is 0.0983.